The number of ether oxygens (including phenoxy) is 2. The summed E-state index contributed by atoms with van der Waals surface area (Å²) in [6.45, 7) is 0. The highest BCUT2D eigenvalue weighted by molar-refractivity contribution is 5.83. The molecule has 4 heteroatoms. The molecule has 4 unspecified atom stereocenters. The van der Waals surface area contributed by atoms with Crippen molar-refractivity contribution in [3.05, 3.63) is 0 Å². The first kappa shape index (κ1) is 13.6. The predicted molar refractivity (Wildman–Crippen MR) is 61.7 cm³/mol. The molecule has 2 bridgehead atoms. The quantitative estimate of drug-likeness (QED) is 0.536. The lowest BCUT2D eigenvalue weighted by Crippen LogP contribution is -2.36. The Balaban J connectivity index is 0.000000686. The molecule has 0 saturated heterocycles. The molecule has 4 nitrogen and oxygen atoms in total. The zero-order valence-electron chi connectivity index (χ0n) is 10.2. The number of carbonyl (C=O) groups excluding carboxylic acids is 2. The molecule has 0 aliphatic heterocycles. The second-order valence-corrected chi connectivity index (χ2v) is 4.43. The molecule has 2 rings (SSSR count). The fourth-order valence-electron chi connectivity index (χ4n) is 3.24. The van der Waals surface area contributed by atoms with Crippen LogP contribution in [0, 0.1) is 36.5 Å². The summed E-state index contributed by atoms with van der Waals surface area (Å²) in [6.07, 6.45) is 11.1. The minimum absolute atomic E-state index is 0.252. The third-order valence-corrected chi connectivity index (χ3v) is 3.86. The second kappa shape index (κ2) is 5.72. The molecule has 4 atom stereocenters. The molecular formula is C13H18O4. The molecule has 0 aromatic heterocycles. The third-order valence-electron chi connectivity index (χ3n) is 3.86. The molecule has 0 amide bonds. The van der Waals surface area contributed by atoms with Gasteiger partial charge in [0.25, 0.3) is 0 Å². The van der Waals surface area contributed by atoms with Gasteiger partial charge in [0.1, 0.15) is 0 Å². The molecule has 0 aromatic rings. The highest BCUT2D eigenvalue weighted by Crippen LogP contribution is 2.52. The smallest absolute Gasteiger partial charge is 0.309 e. The van der Waals surface area contributed by atoms with E-state index >= 15 is 0 Å². The van der Waals surface area contributed by atoms with Gasteiger partial charge in [-0.2, -0.15) is 0 Å². The highest BCUT2D eigenvalue weighted by atomic mass is 16.5. The molecule has 0 N–H and O–H groups in total. The van der Waals surface area contributed by atoms with E-state index in [-0.39, 0.29) is 23.8 Å². The van der Waals surface area contributed by atoms with E-state index < -0.39 is 0 Å². The molecule has 2 aliphatic rings. The number of fused-ring (bicyclic) bond motifs is 2. The number of hydrogen-bond acceptors (Lipinski definition) is 4. The summed E-state index contributed by atoms with van der Waals surface area (Å²) in [5.41, 5.74) is 0. The summed E-state index contributed by atoms with van der Waals surface area (Å²) in [5.74, 6) is -0.379. The van der Waals surface area contributed by atoms with Crippen molar-refractivity contribution >= 4 is 11.9 Å². The predicted octanol–water partition coefficient (Wildman–Crippen LogP) is 1.24. The fraction of sp³-hybridized carbons (Fsp3) is 0.692. The first-order valence-electron chi connectivity index (χ1n) is 5.68. The van der Waals surface area contributed by atoms with Gasteiger partial charge in [0, 0.05) is 0 Å². The van der Waals surface area contributed by atoms with E-state index in [1.807, 2.05) is 0 Å². The van der Waals surface area contributed by atoms with Crippen molar-refractivity contribution in [1.82, 2.24) is 0 Å². The van der Waals surface area contributed by atoms with Crippen LogP contribution in [-0.4, -0.2) is 26.2 Å². The first-order chi connectivity index (χ1) is 8.19. The highest BCUT2D eigenvalue weighted by Gasteiger charge is 2.54. The van der Waals surface area contributed by atoms with E-state index in [4.69, 9.17) is 9.47 Å². The topological polar surface area (TPSA) is 52.6 Å². The summed E-state index contributed by atoms with van der Waals surface area (Å²) in [6, 6.07) is 0. The SMILES string of the molecule is C#C.COC(=O)C1C2CCC(C2)C1C(=O)OC. The van der Waals surface area contributed by atoms with Crippen molar-refractivity contribution in [2.75, 3.05) is 14.2 Å². The molecule has 2 aliphatic carbocycles. The minimum atomic E-state index is -0.263. The number of methoxy groups -OCH3 is 2. The van der Waals surface area contributed by atoms with Gasteiger partial charge in [-0.15, -0.1) is 12.8 Å². The summed E-state index contributed by atoms with van der Waals surface area (Å²) in [5, 5.41) is 0. The Morgan fingerprint density at radius 1 is 0.941 bits per heavy atom. The van der Waals surface area contributed by atoms with Crippen LogP contribution in [0.25, 0.3) is 0 Å². The zero-order valence-corrected chi connectivity index (χ0v) is 10.2. The Morgan fingerprint density at radius 3 is 1.59 bits per heavy atom. The van der Waals surface area contributed by atoms with Crippen LogP contribution in [-0.2, 0) is 19.1 Å². The number of terminal acetylenes is 1. The molecule has 0 heterocycles. The van der Waals surface area contributed by atoms with Crippen LogP contribution in [0.5, 0.6) is 0 Å². The summed E-state index contributed by atoms with van der Waals surface area (Å²) < 4.78 is 9.53. The number of carbonyl (C=O) groups is 2. The van der Waals surface area contributed by atoms with Crippen LogP contribution in [0.15, 0.2) is 0 Å². The average Bonchev–Trinajstić information content (AvgIpc) is 2.99. The maximum absolute atomic E-state index is 11.6. The van der Waals surface area contributed by atoms with Crippen LogP contribution in [0.2, 0.25) is 0 Å². The molecule has 0 radical (unpaired) electrons. The Labute approximate surface area is 102 Å². The Kier molecular flexibility index (Phi) is 4.56. The standard InChI is InChI=1S/C11H16O4.C2H2/c1-14-10(12)8-6-3-4-7(5-6)9(8)11(13)15-2;1-2/h6-9H,3-5H2,1-2H3;1-2H. The van der Waals surface area contributed by atoms with Gasteiger partial charge in [-0.05, 0) is 31.1 Å². The maximum atomic E-state index is 11.6. The van der Waals surface area contributed by atoms with Gasteiger partial charge in [0.05, 0.1) is 26.1 Å². The second-order valence-electron chi connectivity index (χ2n) is 4.43. The van der Waals surface area contributed by atoms with Gasteiger partial charge in [0.15, 0.2) is 0 Å². The fourth-order valence-corrected chi connectivity index (χ4v) is 3.24. The first-order valence-corrected chi connectivity index (χ1v) is 5.68. The Bertz CT molecular complexity index is 293. The summed E-state index contributed by atoms with van der Waals surface area (Å²) in [7, 11) is 2.76. The lowest BCUT2D eigenvalue weighted by molar-refractivity contribution is -0.160. The van der Waals surface area contributed by atoms with Crippen LogP contribution in [0.1, 0.15) is 19.3 Å². The molecule has 2 saturated carbocycles. The monoisotopic (exact) mass is 238 g/mol. The van der Waals surface area contributed by atoms with Gasteiger partial charge in [0.2, 0.25) is 0 Å². The minimum Gasteiger partial charge on any atom is -0.469 e. The molecule has 94 valence electrons. The van der Waals surface area contributed by atoms with Crippen molar-refractivity contribution in [2.45, 2.75) is 19.3 Å². The number of rotatable bonds is 2. The molecule has 2 fully saturated rings. The maximum Gasteiger partial charge on any atom is 0.309 e. The van der Waals surface area contributed by atoms with Crippen LogP contribution >= 0.6 is 0 Å². The average molecular weight is 238 g/mol. The van der Waals surface area contributed by atoms with E-state index in [2.05, 4.69) is 12.8 Å². The summed E-state index contributed by atoms with van der Waals surface area (Å²) >= 11 is 0. The third kappa shape index (κ3) is 2.28. The summed E-state index contributed by atoms with van der Waals surface area (Å²) in [4.78, 5) is 23.2. The van der Waals surface area contributed by atoms with Crippen molar-refractivity contribution in [3.63, 3.8) is 0 Å². The van der Waals surface area contributed by atoms with E-state index in [0.29, 0.717) is 11.8 Å². The lowest BCUT2D eigenvalue weighted by atomic mass is 9.79. The van der Waals surface area contributed by atoms with Crippen LogP contribution in [0.4, 0.5) is 0 Å². The zero-order chi connectivity index (χ0) is 13.0. The normalized spacial score (nSPS) is 33.4. The molecular weight excluding hydrogens is 220 g/mol. The number of esters is 2. The van der Waals surface area contributed by atoms with Gasteiger partial charge in [-0.3, -0.25) is 9.59 Å². The number of hydrogen-bond donors (Lipinski definition) is 0. The molecule has 0 aromatic carbocycles. The molecule has 17 heavy (non-hydrogen) atoms. The van der Waals surface area contributed by atoms with E-state index in [9.17, 15) is 9.59 Å². The Hall–Kier alpha value is -1.50. The van der Waals surface area contributed by atoms with Crippen molar-refractivity contribution in [2.24, 2.45) is 23.7 Å². The van der Waals surface area contributed by atoms with E-state index in [0.717, 1.165) is 19.3 Å². The van der Waals surface area contributed by atoms with Crippen molar-refractivity contribution < 1.29 is 19.1 Å². The van der Waals surface area contributed by atoms with Crippen molar-refractivity contribution in [1.29, 1.82) is 0 Å². The van der Waals surface area contributed by atoms with Gasteiger partial charge < -0.3 is 9.47 Å². The van der Waals surface area contributed by atoms with Gasteiger partial charge >= 0.3 is 11.9 Å². The van der Waals surface area contributed by atoms with Crippen LogP contribution in [0.3, 0.4) is 0 Å². The largest absolute Gasteiger partial charge is 0.469 e. The van der Waals surface area contributed by atoms with Gasteiger partial charge in [-0.1, -0.05) is 0 Å². The van der Waals surface area contributed by atoms with E-state index in [1.165, 1.54) is 14.2 Å². The van der Waals surface area contributed by atoms with Crippen LogP contribution < -0.4 is 0 Å². The Morgan fingerprint density at radius 2 is 1.29 bits per heavy atom. The van der Waals surface area contributed by atoms with E-state index in [1.54, 1.807) is 0 Å². The molecule has 0 spiro atoms. The van der Waals surface area contributed by atoms with Gasteiger partial charge in [-0.25, -0.2) is 0 Å². The lowest BCUT2D eigenvalue weighted by Gasteiger charge is -2.26. The van der Waals surface area contributed by atoms with Crippen molar-refractivity contribution in [3.8, 4) is 12.8 Å².